The Balaban J connectivity index is 1.99. The van der Waals surface area contributed by atoms with Crippen LogP contribution in [0.2, 0.25) is 5.02 Å². The summed E-state index contributed by atoms with van der Waals surface area (Å²) in [5.41, 5.74) is -1.74. The molecule has 0 atom stereocenters. The molecule has 1 N–H and O–H groups in total. The van der Waals surface area contributed by atoms with Crippen molar-refractivity contribution in [1.82, 2.24) is 0 Å². The normalized spacial score (nSPS) is 11.0. The van der Waals surface area contributed by atoms with E-state index < -0.39 is 46.6 Å². The van der Waals surface area contributed by atoms with Gasteiger partial charge in [0.05, 0.1) is 23.3 Å². The molecule has 10 heteroatoms. The number of carbonyl (C=O) groups is 2. The summed E-state index contributed by atoms with van der Waals surface area (Å²) in [5, 5.41) is 1.61. The number of hydrogen-bond donors (Lipinski definition) is 1. The number of alkyl halides is 3. The van der Waals surface area contributed by atoms with E-state index in [-0.39, 0.29) is 11.4 Å². The van der Waals surface area contributed by atoms with Crippen molar-refractivity contribution in [2.75, 3.05) is 19.0 Å². The lowest BCUT2D eigenvalue weighted by Crippen LogP contribution is -2.21. The number of ether oxygens (including phenoxy) is 2. The van der Waals surface area contributed by atoms with Crippen LogP contribution >= 0.6 is 11.6 Å². The zero-order valence-corrected chi connectivity index (χ0v) is 14.4. The third-order valence-corrected chi connectivity index (χ3v) is 3.62. The molecule has 144 valence electrons. The molecular formula is C17H12ClF4NO4. The van der Waals surface area contributed by atoms with Gasteiger partial charge >= 0.3 is 12.1 Å². The van der Waals surface area contributed by atoms with Crippen LogP contribution in [0.5, 0.6) is 5.75 Å². The number of halogens is 5. The fourth-order valence-corrected chi connectivity index (χ4v) is 2.24. The van der Waals surface area contributed by atoms with Gasteiger partial charge in [0.25, 0.3) is 5.91 Å². The summed E-state index contributed by atoms with van der Waals surface area (Å²) >= 11 is 5.48. The number of hydrogen-bond acceptors (Lipinski definition) is 4. The Kier molecular flexibility index (Phi) is 6.27. The highest BCUT2D eigenvalue weighted by atomic mass is 35.5. The van der Waals surface area contributed by atoms with E-state index in [1.165, 1.54) is 13.2 Å². The van der Waals surface area contributed by atoms with Crippen molar-refractivity contribution in [1.29, 1.82) is 0 Å². The van der Waals surface area contributed by atoms with Crippen LogP contribution in [0.4, 0.5) is 23.2 Å². The molecular weight excluding hydrogens is 394 g/mol. The summed E-state index contributed by atoms with van der Waals surface area (Å²) in [6.07, 6.45) is -4.70. The van der Waals surface area contributed by atoms with Gasteiger partial charge in [-0.05, 0) is 30.3 Å². The summed E-state index contributed by atoms with van der Waals surface area (Å²) in [4.78, 5) is 23.6. The van der Waals surface area contributed by atoms with Gasteiger partial charge < -0.3 is 14.8 Å². The topological polar surface area (TPSA) is 64.6 Å². The highest BCUT2D eigenvalue weighted by molar-refractivity contribution is 6.31. The Labute approximate surface area is 155 Å². The number of rotatable bonds is 5. The van der Waals surface area contributed by atoms with E-state index in [0.717, 1.165) is 24.3 Å². The monoisotopic (exact) mass is 405 g/mol. The van der Waals surface area contributed by atoms with Crippen molar-refractivity contribution in [2.24, 2.45) is 0 Å². The van der Waals surface area contributed by atoms with Crippen molar-refractivity contribution in [3.05, 3.63) is 58.4 Å². The number of anilines is 1. The van der Waals surface area contributed by atoms with Crippen molar-refractivity contribution in [2.45, 2.75) is 6.18 Å². The molecule has 0 unspecified atom stereocenters. The SMILES string of the molecule is COc1ccc(C(=O)OCC(=O)Nc2ccc(Cl)c(C(F)(F)F)c2)c(F)c1. The van der Waals surface area contributed by atoms with Gasteiger partial charge in [-0.3, -0.25) is 4.79 Å². The van der Waals surface area contributed by atoms with Gasteiger partial charge in [0.2, 0.25) is 0 Å². The van der Waals surface area contributed by atoms with Crippen LogP contribution < -0.4 is 10.1 Å². The highest BCUT2D eigenvalue weighted by Crippen LogP contribution is 2.36. The van der Waals surface area contributed by atoms with E-state index in [1.54, 1.807) is 0 Å². The van der Waals surface area contributed by atoms with Gasteiger partial charge in [-0.15, -0.1) is 0 Å². The average molecular weight is 406 g/mol. The molecule has 0 saturated heterocycles. The largest absolute Gasteiger partial charge is 0.497 e. The van der Waals surface area contributed by atoms with E-state index >= 15 is 0 Å². The predicted molar refractivity (Wildman–Crippen MR) is 88.3 cm³/mol. The van der Waals surface area contributed by atoms with Crippen LogP contribution in [0.1, 0.15) is 15.9 Å². The molecule has 2 aromatic rings. The van der Waals surface area contributed by atoms with Crippen molar-refractivity contribution in [3.8, 4) is 5.75 Å². The standard InChI is InChI=1S/C17H12ClF4NO4/c1-26-10-3-4-11(14(19)7-10)16(25)27-8-15(24)23-9-2-5-13(18)12(6-9)17(20,21)22/h2-7H,8H2,1H3,(H,23,24). The van der Waals surface area contributed by atoms with Crippen molar-refractivity contribution < 1.29 is 36.6 Å². The van der Waals surface area contributed by atoms with E-state index in [9.17, 15) is 27.2 Å². The van der Waals surface area contributed by atoms with E-state index in [1.807, 2.05) is 0 Å². The Bertz CT molecular complexity index is 870. The predicted octanol–water partition coefficient (Wildman–Crippen LogP) is 4.30. The van der Waals surface area contributed by atoms with Crippen LogP contribution in [0.3, 0.4) is 0 Å². The first-order chi connectivity index (χ1) is 12.6. The fraction of sp³-hybridized carbons (Fsp3) is 0.176. The van der Waals surface area contributed by atoms with Crippen LogP contribution in [0, 0.1) is 5.82 Å². The molecule has 0 bridgehead atoms. The van der Waals surface area contributed by atoms with Gasteiger partial charge in [-0.25, -0.2) is 9.18 Å². The molecule has 0 spiro atoms. The third kappa shape index (κ3) is 5.33. The molecule has 1 amide bonds. The lowest BCUT2D eigenvalue weighted by atomic mass is 10.2. The number of nitrogens with one attached hydrogen (secondary N) is 1. The summed E-state index contributed by atoms with van der Waals surface area (Å²) in [6.45, 7) is -0.825. The Morgan fingerprint density at radius 2 is 1.85 bits per heavy atom. The molecule has 27 heavy (non-hydrogen) atoms. The summed E-state index contributed by atoms with van der Waals surface area (Å²) in [6, 6.07) is 6.17. The molecule has 2 aromatic carbocycles. The maximum absolute atomic E-state index is 13.8. The minimum Gasteiger partial charge on any atom is -0.497 e. The molecule has 0 radical (unpaired) electrons. The van der Waals surface area contributed by atoms with E-state index in [0.29, 0.717) is 6.07 Å². The number of benzene rings is 2. The second-order valence-corrected chi connectivity index (χ2v) is 5.57. The first kappa shape index (κ1) is 20.5. The molecule has 0 aromatic heterocycles. The lowest BCUT2D eigenvalue weighted by Gasteiger charge is -2.12. The molecule has 0 aliphatic rings. The van der Waals surface area contributed by atoms with E-state index in [2.05, 4.69) is 10.1 Å². The Morgan fingerprint density at radius 1 is 1.15 bits per heavy atom. The molecule has 0 fully saturated rings. The quantitative estimate of drug-likeness (QED) is 0.595. The van der Waals surface area contributed by atoms with Gasteiger partial charge in [0, 0.05) is 11.8 Å². The molecule has 5 nitrogen and oxygen atoms in total. The van der Waals surface area contributed by atoms with Crippen LogP contribution in [0.25, 0.3) is 0 Å². The number of carbonyl (C=O) groups excluding carboxylic acids is 2. The summed E-state index contributed by atoms with van der Waals surface area (Å²) in [5.74, 6) is -2.75. The highest BCUT2D eigenvalue weighted by Gasteiger charge is 2.33. The molecule has 0 aliphatic heterocycles. The van der Waals surface area contributed by atoms with Crippen LogP contribution in [-0.4, -0.2) is 25.6 Å². The van der Waals surface area contributed by atoms with Gasteiger partial charge in [-0.1, -0.05) is 11.6 Å². The second-order valence-electron chi connectivity index (χ2n) is 5.16. The minimum atomic E-state index is -4.70. The average Bonchev–Trinajstić information content (AvgIpc) is 2.60. The first-order valence-corrected chi connectivity index (χ1v) is 7.67. The van der Waals surface area contributed by atoms with Crippen molar-refractivity contribution in [3.63, 3.8) is 0 Å². The van der Waals surface area contributed by atoms with Gasteiger partial charge in [-0.2, -0.15) is 13.2 Å². The van der Waals surface area contributed by atoms with Gasteiger partial charge in [0.15, 0.2) is 6.61 Å². The van der Waals surface area contributed by atoms with Crippen LogP contribution in [0.15, 0.2) is 36.4 Å². The summed E-state index contributed by atoms with van der Waals surface area (Å²) in [7, 11) is 1.32. The molecule has 0 saturated carbocycles. The van der Waals surface area contributed by atoms with Crippen molar-refractivity contribution >= 4 is 29.2 Å². The smallest absolute Gasteiger partial charge is 0.417 e. The maximum Gasteiger partial charge on any atom is 0.417 e. The summed E-state index contributed by atoms with van der Waals surface area (Å²) < 4.78 is 61.6. The second kappa shape index (κ2) is 8.26. The zero-order chi connectivity index (χ0) is 20.2. The Morgan fingerprint density at radius 3 is 2.44 bits per heavy atom. The fourth-order valence-electron chi connectivity index (χ4n) is 2.01. The molecule has 0 heterocycles. The zero-order valence-electron chi connectivity index (χ0n) is 13.7. The van der Waals surface area contributed by atoms with Crippen LogP contribution in [-0.2, 0) is 15.7 Å². The lowest BCUT2D eigenvalue weighted by molar-refractivity contribution is -0.137. The Hall–Kier alpha value is -2.81. The minimum absolute atomic E-state index is 0.185. The number of amides is 1. The third-order valence-electron chi connectivity index (χ3n) is 3.29. The van der Waals surface area contributed by atoms with Gasteiger partial charge in [0.1, 0.15) is 11.6 Å². The molecule has 2 rings (SSSR count). The number of methoxy groups -OCH3 is 1. The molecule has 0 aliphatic carbocycles. The van der Waals surface area contributed by atoms with E-state index in [4.69, 9.17) is 16.3 Å². The number of esters is 1. The first-order valence-electron chi connectivity index (χ1n) is 7.29. The maximum atomic E-state index is 13.8.